The van der Waals surface area contributed by atoms with E-state index >= 15 is 0 Å². The third kappa shape index (κ3) is 5.14. The van der Waals surface area contributed by atoms with Crippen LogP contribution in [0.5, 0.6) is 0 Å². The van der Waals surface area contributed by atoms with Crippen molar-refractivity contribution in [1.29, 1.82) is 5.26 Å². The Morgan fingerprint density at radius 3 is 2.43 bits per heavy atom. The van der Waals surface area contributed by atoms with E-state index in [1.54, 1.807) is 0 Å². The van der Waals surface area contributed by atoms with Crippen LogP contribution in [0.3, 0.4) is 0 Å². The molecule has 202 valence electrons. The van der Waals surface area contributed by atoms with Crippen molar-refractivity contribution in [1.82, 2.24) is 20.9 Å². The average Bonchev–Trinajstić information content (AvgIpc) is 3.13. The van der Waals surface area contributed by atoms with Gasteiger partial charge in [-0.25, -0.2) is 0 Å². The maximum atomic E-state index is 13.9. The van der Waals surface area contributed by atoms with Crippen LogP contribution >= 0.6 is 0 Å². The Balaban J connectivity index is 1.33. The maximum Gasteiger partial charge on any atom is 0.471 e. The number of carbonyl (C=O) groups excluding carboxylic acids is 4. The van der Waals surface area contributed by atoms with E-state index < -0.39 is 47.9 Å². The topological polar surface area (TPSA) is 131 Å². The molecule has 5 rings (SSSR count). The Kier molecular flexibility index (Phi) is 6.83. The first-order valence-electron chi connectivity index (χ1n) is 13.2. The molecular formula is C25H32F3N5O4. The van der Waals surface area contributed by atoms with Crippen LogP contribution in [-0.2, 0) is 19.2 Å². The molecule has 0 aromatic carbocycles. The van der Waals surface area contributed by atoms with Gasteiger partial charge in [0.15, 0.2) is 0 Å². The Morgan fingerprint density at radius 2 is 1.78 bits per heavy atom. The van der Waals surface area contributed by atoms with E-state index in [1.165, 1.54) is 4.90 Å². The summed E-state index contributed by atoms with van der Waals surface area (Å²) in [6, 6.07) is -1.46. The predicted molar refractivity (Wildman–Crippen MR) is 122 cm³/mol. The highest BCUT2D eigenvalue weighted by atomic mass is 19.4. The molecule has 4 amide bonds. The lowest BCUT2D eigenvalue weighted by molar-refractivity contribution is -0.176. The number of rotatable bonds is 7. The number of halogens is 3. The SMILES string of the molecule is N#C[C@H](C[C@@H]1CCNC1=O)NC(=O)[C@@H]1[C@H]2CC[C@H](C2)N1C(=O)[C@@H](NC(=O)C(F)(F)F)C1CCC2CC2C1. The third-order valence-corrected chi connectivity index (χ3v) is 9.13. The minimum absolute atomic E-state index is 0.151. The molecule has 2 saturated heterocycles. The number of alkyl halides is 3. The third-order valence-electron chi connectivity index (χ3n) is 9.13. The summed E-state index contributed by atoms with van der Waals surface area (Å²) in [5, 5.41) is 17.0. The summed E-state index contributed by atoms with van der Waals surface area (Å²) in [7, 11) is 0. The molecule has 9 nitrogen and oxygen atoms in total. The summed E-state index contributed by atoms with van der Waals surface area (Å²) < 4.78 is 39.5. The minimum atomic E-state index is -5.12. The van der Waals surface area contributed by atoms with Crippen molar-refractivity contribution in [2.75, 3.05) is 6.54 Å². The molecule has 2 bridgehead atoms. The number of piperidine rings is 1. The number of fused-ring (bicyclic) bond motifs is 3. The number of carbonyl (C=O) groups is 4. The van der Waals surface area contributed by atoms with Crippen molar-refractivity contribution in [3.8, 4) is 6.07 Å². The molecule has 2 heterocycles. The smallest absolute Gasteiger partial charge is 0.356 e. The van der Waals surface area contributed by atoms with Gasteiger partial charge in [-0.05, 0) is 81.5 Å². The normalized spacial score (nSPS) is 35.7. The van der Waals surface area contributed by atoms with Crippen LogP contribution < -0.4 is 16.0 Å². The highest BCUT2D eigenvalue weighted by Crippen LogP contribution is 2.52. The molecule has 0 radical (unpaired) electrons. The molecule has 0 aromatic heterocycles. The highest BCUT2D eigenvalue weighted by molar-refractivity contribution is 5.94. The Labute approximate surface area is 212 Å². The summed E-state index contributed by atoms with van der Waals surface area (Å²) in [4.78, 5) is 52.5. The zero-order valence-electron chi connectivity index (χ0n) is 20.4. The fourth-order valence-corrected chi connectivity index (χ4v) is 7.15. The zero-order valence-corrected chi connectivity index (χ0v) is 20.4. The van der Waals surface area contributed by atoms with E-state index in [-0.39, 0.29) is 30.2 Å². The van der Waals surface area contributed by atoms with Gasteiger partial charge in [0.05, 0.1) is 6.07 Å². The lowest BCUT2D eigenvalue weighted by Crippen LogP contribution is -2.61. The van der Waals surface area contributed by atoms with Gasteiger partial charge >= 0.3 is 12.1 Å². The second-order valence-corrected chi connectivity index (χ2v) is 11.4. The first-order chi connectivity index (χ1) is 17.6. The van der Waals surface area contributed by atoms with Gasteiger partial charge in [0, 0.05) is 18.5 Å². The number of hydrogen-bond acceptors (Lipinski definition) is 5. The molecule has 3 aliphatic carbocycles. The molecule has 12 heteroatoms. The molecule has 3 N–H and O–H groups in total. The molecule has 3 saturated carbocycles. The molecule has 9 atom stereocenters. The number of likely N-dealkylation sites (tertiary alicyclic amines) is 1. The van der Waals surface area contributed by atoms with E-state index in [0.717, 1.165) is 12.8 Å². The van der Waals surface area contributed by atoms with Gasteiger partial charge in [-0.2, -0.15) is 18.4 Å². The van der Waals surface area contributed by atoms with Crippen molar-refractivity contribution in [2.24, 2.45) is 29.6 Å². The van der Waals surface area contributed by atoms with Gasteiger partial charge in [0.25, 0.3) is 0 Å². The maximum absolute atomic E-state index is 13.9. The van der Waals surface area contributed by atoms with E-state index in [2.05, 4.69) is 10.6 Å². The first kappa shape index (κ1) is 25.8. The molecule has 5 fully saturated rings. The van der Waals surface area contributed by atoms with Crippen LogP contribution in [0.25, 0.3) is 0 Å². The van der Waals surface area contributed by atoms with Crippen LogP contribution in [0.4, 0.5) is 13.2 Å². The van der Waals surface area contributed by atoms with Crippen molar-refractivity contribution in [3.05, 3.63) is 0 Å². The lowest BCUT2D eigenvalue weighted by Gasteiger charge is -2.39. The zero-order chi connectivity index (χ0) is 26.5. The summed E-state index contributed by atoms with van der Waals surface area (Å²) in [5.74, 6) is -3.53. The molecule has 5 aliphatic rings. The van der Waals surface area contributed by atoms with Crippen LogP contribution in [0.15, 0.2) is 0 Å². The molecule has 3 unspecified atom stereocenters. The quantitative estimate of drug-likeness (QED) is 0.464. The Hall–Kier alpha value is -2.84. The second-order valence-electron chi connectivity index (χ2n) is 11.4. The summed E-state index contributed by atoms with van der Waals surface area (Å²) in [6.45, 7) is 0.512. The molecule has 2 aliphatic heterocycles. The van der Waals surface area contributed by atoms with Crippen molar-refractivity contribution in [2.45, 2.75) is 88.1 Å². The molecule has 0 spiro atoms. The van der Waals surface area contributed by atoms with Crippen LogP contribution in [0.2, 0.25) is 0 Å². The lowest BCUT2D eigenvalue weighted by atomic mass is 9.82. The fourth-order valence-electron chi connectivity index (χ4n) is 7.15. The van der Waals surface area contributed by atoms with Gasteiger partial charge in [0.2, 0.25) is 17.7 Å². The van der Waals surface area contributed by atoms with Gasteiger partial charge in [-0.1, -0.05) is 0 Å². The van der Waals surface area contributed by atoms with E-state index in [1.807, 2.05) is 11.4 Å². The van der Waals surface area contributed by atoms with Crippen LogP contribution in [0, 0.1) is 40.9 Å². The second kappa shape index (κ2) is 9.80. The van der Waals surface area contributed by atoms with E-state index in [9.17, 15) is 37.6 Å². The standard InChI is InChI=1S/C25H32F3N5O4/c26-25(27,28)24(37)32-19(13-2-1-12-7-16(12)8-13)23(36)33-18-4-3-14(10-18)20(33)22(35)31-17(11-29)9-15-5-6-30-21(15)34/h12-20H,1-10H2,(H,30,34)(H,31,35)(H,32,37)/t12?,13?,14-,15-,16?,17-,18+,19-,20-/m0/s1. The van der Waals surface area contributed by atoms with Gasteiger partial charge in [0.1, 0.15) is 18.1 Å². The monoisotopic (exact) mass is 523 g/mol. The summed E-state index contributed by atoms with van der Waals surface area (Å²) in [5.41, 5.74) is 0. The number of amides is 4. The van der Waals surface area contributed by atoms with E-state index in [0.29, 0.717) is 56.9 Å². The van der Waals surface area contributed by atoms with Gasteiger partial charge in [-0.15, -0.1) is 0 Å². The van der Waals surface area contributed by atoms with Crippen molar-refractivity contribution < 1.29 is 32.3 Å². The molecule has 37 heavy (non-hydrogen) atoms. The molecule has 0 aromatic rings. The highest BCUT2D eigenvalue weighted by Gasteiger charge is 2.55. The number of hydrogen-bond donors (Lipinski definition) is 3. The number of nitrogens with one attached hydrogen (secondary N) is 3. The largest absolute Gasteiger partial charge is 0.471 e. The molecular weight excluding hydrogens is 491 g/mol. The first-order valence-corrected chi connectivity index (χ1v) is 13.2. The number of nitrogens with zero attached hydrogens (tertiary/aromatic N) is 2. The van der Waals surface area contributed by atoms with Gasteiger partial charge < -0.3 is 20.9 Å². The summed E-state index contributed by atoms with van der Waals surface area (Å²) in [6.07, 6.45) is 0.429. The Morgan fingerprint density at radius 1 is 1.03 bits per heavy atom. The summed E-state index contributed by atoms with van der Waals surface area (Å²) >= 11 is 0. The van der Waals surface area contributed by atoms with E-state index in [4.69, 9.17) is 0 Å². The van der Waals surface area contributed by atoms with Crippen molar-refractivity contribution >= 4 is 23.6 Å². The van der Waals surface area contributed by atoms with Crippen LogP contribution in [-0.4, -0.2) is 65.4 Å². The number of nitriles is 1. The minimum Gasteiger partial charge on any atom is -0.356 e. The Bertz CT molecular complexity index is 1010. The van der Waals surface area contributed by atoms with Gasteiger partial charge in [-0.3, -0.25) is 19.2 Å². The fraction of sp³-hybridized carbons (Fsp3) is 0.800. The van der Waals surface area contributed by atoms with Crippen molar-refractivity contribution in [3.63, 3.8) is 0 Å². The predicted octanol–water partition coefficient (Wildman–Crippen LogP) is 1.38. The van der Waals surface area contributed by atoms with Crippen LogP contribution in [0.1, 0.15) is 57.8 Å². The average molecular weight is 524 g/mol.